The Morgan fingerprint density at radius 3 is 2.50 bits per heavy atom. The molecule has 5 heteroatoms. The molecule has 0 radical (unpaired) electrons. The summed E-state index contributed by atoms with van der Waals surface area (Å²) in [7, 11) is 0. The van der Waals surface area contributed by atoms with Crippen molar-refractivity contribution < 1.29 is 14.0 Å². The Labute approximate surface area is 140 Å². The van der Waals surface area contributed by atoms with Gasteiger partial charge in [-0.1, -0.05) is 30.3 Å². The van der Waals surface area contributed by atoms with Gasteiger partial charge in [0.05, 0.1) is 12.3 Å². The number of carbonyl (C=O) groups excluding carboxylic acids is 2. The molecule has 0 bridgehead atoms. The van der Waals surface area contributed by atoms with Crippen LogP contribution in [0.2, 0.25) is 0 Å². The lowest BCUT2D eigenvalue weighted by Gasteiger charge is -2.38. The minimum atomic E-state index is -0.383. The number of benzene rings is 2. The molecule has 2 aromatic rings. The molecule has 0 saturated carbocycles. The zero-order valence-corrected chi connectivity index (χ0v) is 13.4. The second-order valence-corrected chi connectivity index (χ2v) is 6.17. The highest BCUT2D eigenvalue weighted by molar-refractivity contribution is 5.98. The lowest BCUT2D eigenvalue weighted by molar-refractivity contribution is -0.121. The molecular formula is C19H19FN2O2. The third kappa shape index (κ3) is 3.02. The quantitative estimate of drug-likeness (QED) is 0.942. The van der Waals surface area contributed by atoms with Crippen molar-refractivity contribution in [3.63, 3.8) is 0 Å². The fraction of sp³-hybridized carbons (Fsp3) is 0.263. The van der Waals surface area contributed by atoms with Gasteiger partial charge in [-0.3, -0.25) is 9.59 Å². The van der Waals surface area contributed by atoms with Crippen molar-refractivity contribution in [1.82, 2.24) is 0 Å². The van der Waals surface area contributed by atoms with Gasteiger partial charge in [0, 0.05) is 11.7 Å². The van der Waals surface area contributed by atoms with Crippen LogP contribution < -0.4 is 10.6 Å². The van der Waals surface area contributed by atoms with E-state index in [4.69, 9.17) is 5.73 Å². The van der Waals surface area contributed by atoms with Crippen LogP contribution in [0.4, 0.5) is 10.1 Å². The van der Waals surface area contributed by atoms with Crippen molar-refractivity contribution in [3.8, 4) is 0 Å². The highest BCUT2D eigenvalue weighted by atomic mass is 19.1. The summed E-state index contributed by atoms with van der Waals surface area (Å²) in [6.45, 7) is 1.91. The first-order valence-electron chi connectivity index (χ1n) is 7.92. The van der Waals surface area contributed by atoms with Gasteiger partial charge in [-0.25, -0.2) is 4.39 Å². The predicted octanol–water partition coefficient (Wildman–Crippen LogP) is 2.76. The van der Waals surface area contributed by atoms with Crippen LogP contribution >= 0.6 is 0 Å². The smallest absolute Gasteiger partial charge is 0.231 e. The highest BCUT2D eigenvalue weighted by Crippen LogP contribution is 2.38. The van der Waals surface area contributed by atoms with E-state index in [1.54, 1.807) is 17.0 Å². The number of hydrogen-bond donors (Lipinski definition) is 1. The molecule has 0 aliphatic carbocycles. The average Bonchev–Trinajstić information content (AvgIpc) is 2.56. The Kier molecular flexibility index (Phi) is 4.34. The Morgan fingerprint density at radius 2 is 1.83 bits per heavy atom. The van der Waals surface area contributed by atoms with Crippen molar-refractivity contribution in [3.05, 3.63) is 65.5 Å². The normalized spacial score (nSPS) is 19.7. The molecule has 2 aromatic carbocycles. The van der Waals surface area contributed by atoms with Gasteiger partial charge in [-0.15, -0.1) is 0 Å². The number of nitrogens with two attached hydrogens (primary N) is 1. The topological polar surface area (TPSA) is 63.4 Å². The predicted molar refractivity (Wildman–Crippen MR) is 90.0 cm³/mol. The molecule has 0 spiro atoms. The van der Waals surface area contributed by atoms with Crippen LogP contribution in [0.5, 0.6) is 0 Å². The SMILES string of the molecule is C[C@H]1C[C@@H](C(N)=O)c2ccccc2N1C(=O)Cc1ccc(F)cc1. The van der Waals surface area contributed by atoms with E-state index >= 15 is 0 Å². The maximum atomic E-state index is 13.0. The van der Waals surface area contributed by atoms with Crippen LogP contribution in [-0.2, 0) is 16.0 Å². The van der Waals surface area contributed by atoms with Gasteiger partial charge in [0.1, 0.15) is 5.82 Å². The Hall–Kier alpha value is -2.69. The summed E-state index contributed by atoms with van der Waals surface area (Å²) in [5, 5.41) is 0. The number of fused-ring (bicyclic) bond motifs is 1. The van der Waals surface area contributed by atoms with Crippen LogP contribution in [0, 0.1) is 5.82 Å². The Balaban J connectivity index is 1.91. The number of rotatable bonds is 3. The number of primary amides is 1. The molecule has 2 atom stereocenters. The summed E-state index contributed by atoms with van der Waals surface area (Å²) in [5.41, 5.74) is 7.79. The van der Waals surface area contributed by atoms with E-state index in [-0.39, 0.29) is 36.0 Å². The van der Waals surface area contributed by atoms with Gasteiger partial charge in [-0.05, 0) is 42.7 Å². The van der Waals surface area contributed by atoms with Crippen molar-refractivity contribution in [2.45, 2.75) is 31.7 Å². The van der Waals surface area contributed by atoms with Crippen LogP contribution in [0.3, 0.4) is 0 Å². The van der Waals surface area contributed by atoms with E-state index in [2.05, 4.69) is 0 Å². The minimum absolute atomic E-state index is 0.0792. The zero-order chi connectivity index (χ0) is 17.3. The molecule has 3 rings (SSSR count). The molecule has 1 aliphatic heterocycles. The molecular weight excluding hydrogens is 307 g/mol. The summed E-state index contributed by atoms with van der Waals surface area (Å²) < 4.78 is 13.0. The Morgan fingerprint density at radius 1 is 1.17 bits per heavy atom. The number of amides is 2. The summed E-state index contributed by atoms with van der Waals surface area (Å²) in [6, 6.07) is 13.1. The number of hydrogen-bond acceptors (Lipinski definition) is 2. The third-order valence-corrected chi connectivity index (χ3v) is 4.47. The molecule has 2 N–H and O–H groups in total. The molecule has 24 heavy (non-hydrogen) atoms. The molecule has 0 saturated heterocycles. The first kappa shape index (κ1) is 16.2. The van der Waals surface area contributed by atoms with Crippen molar-refractivity contribution in [2.75, 3.05) is 4.90 Å². The molecule has 124 valence electrons. The van der Waals surface area contributed by atoms with Crippen LogP contribution in [-0.4, -0.2) is 17.9 Å². The minimum Gasteiger partial charge on any atom is -0.369 e. The van der Waals surface area contributed by atoms with E-state index in [9.17, 15) is 14.0 Å². The Bertz CT molecular complexity index is 773. The maximum absolute atomic E-state index is 13.0. The van der Waals surface area contributed by atoms with Crippen molar-refractivity contribution in [1.29, 1.82) is 0 Å². The average molecular weight is 326 g/mol. The number of para-hydroxylation sites is 1. The van der Waals surface area contributed by atoms with E-state index in [1.165, 1.54) is 12.1 Å². The van der Waals surface area contributed by atoms with Gasteiger partial charge in [0.2, 0.25) is 11.8 Å². The third-order valence-electron chi connectivity index (χ3n) is 4.47. The first-order valence-corrected chi connectivity index (χ1v) is 7.92. The molecule has 0 aromatic heterocycles. The maximum Gasteiger partial charge on any atom is 0.231 e. The zero-order valence-electron chi connectivity index (χ0n) is 13.4. The fourth-order valence-corrected chi connectivity index (χ4v) is 3.32. The molecule has 0 fully saturated rings. The van der Waals surface area contributed by atoms with E-state index in [0.717, 1.165) is 16.8 Å². The van der Waals surface area contributed by atoms with Crippen LogP contribution in [0.15, 0.2) is 48.5 Å². The molecule has 1 aliphatic rings. The molecule has 0 unspecified atom stereocenters. The monoisotopic (exact) mass is 326 g/mol. The largest absolute Gasteiger partial charge is 0.369 e. The highest BCUT2D eigenvalue weighted by Gasteiger charge is 2.35. The van der Waals surface area contributed by atoms with Gasteiger partial charge in [-0.2, -0.15) is 0 Å². The summed E-state index contributed by atoms with van der Waals surface area (Å²) in [4.78, 5) is 26.3. The number of halogens is 1. The van der Waals surface area contributed by atoms with E-state index < -0.39 is 0 Å². The fourth-order valence-electron chi connectivity index (χ4n) is 3.32. The second-order valence-electron chi connectivity index (χ2n) is 6.17. The van der Waals surface area contributed by atoms with E-state index in [1.807, 2.05) is 31.2 Å². The van der Waals surface area contributed by atoms with Crippen LogP contribution in [0.1, 0.15) is 30.4 Å². The number of carbonyl (C=O) groups is 2. The van der Waals surface area contributed by atoms with Crippen LogP contribution in [0.25, 0.3) is 0 Å². The summed E-state index contributed by atoms with van der Waals surface area (Å²) >= 11 is 0. The summed E-state index contributed by atoms with van der Waals surface area (Å²) in [5.74, 6) is -1.16. The summed E-state index contributed by atoms with van der Waals surface area (Å²) in [6.07, 6.45) is 0.682. The van der Waals surface area contributed by atoms with Crippen molar-refractivity contribution >= 4 is 17.5 Å². The van der Waals surface area contributed by atoms with Gasteiger partial charge in [0.15, 0.2) is 0 Å². The standard InChI is InChI=1S/C19H19FN2O2/c1-12-10-16(19(21)24)15-4-2-3-5-17(15)22(12)18(23)11-13-6-8-14(20)9-7-13/h2-9,12,16H,10-11H2,1H3,(H2,21,24)/t12-,16+/m0/s1. The van der Waals surface area contributed by atoms with E-state index in [0.29, 0.717) is 6.42 Å². The number of anilines is 1. The second kappa shape index (κ2) is 6.43. The first-order chi connectivity index (χ1) is 11.5. The van der Waals surface area contributed by atoms with Crippen molar-refractivity contribution in [2.24, 2.45) is 5.73 Å². The van der Waals surface area contributed by atoms with Gasteiger partial charge < -0.3 is 10.6 Å². The lowest BCUT2D eigenvalue weighted by atomic mass is 9.85. The van der Waals surface area contributed by atoms with Gasteiger partial charge in [0.25, 0.3) is 0 Å². The molecule has 1 heterocycles. The molecule has 2 amide bonds. The molecule has 4 nitrogen and oxygen atoms in total. The van der Waals surface area contributed by atoms with Gasteiger partial charge >= 0.3 is 0 Å². The number of nitrogens with zero attached hydrogens (tertiary/aromatic N) is 1. The lowest BCUT2D eigenvalue weighted by Crippen LogP contribution is -2.45.